The van der Waals surface area contributed by atoms with Crippen molar-refractivity contribution in [2.24, 2.45) is 5.92 Å². The monoisotopic (exact) mass is 220 g/mol. The summed E-state index contributed by atoms with van der Waals surface area (Å²) in [6.07, 6.45) is 9.86. The molecule has 2 heterocycles. The lowest BCUT2D eigenvalue weighted by Gasteiger charge is -2.22. The maximum Gasteiger partial charge on any atom is 0.103 e. The van der Waals surface area contributed by atoms with Crippen LogP contribution in [0.4, 0.5) is 0 Å². The van der Waals surface area contributed by atoms with Gasteiger partial charge in [0.1, 0.15) is 8.22 Å². The van der Waals surface area contributed by atoms with Crippen LogP contribution in [0.25, 0.3) is 0 Å². The molecule has 0 aliphatic heterocycles. The van der Waals surface area contributed by atoms with Crippen LogP contribution in [-0.4, -0.2) is 14.8 Å². The number of aromatic nitrogens is 2. The topological polar surface area (TPSA) is 9.86 Å². The third-order valence-corrected chi connectivity index (χ3v) is 4.90. The second kappa shape index (κ2) is 4.67. The largest absolute Gasteiger partial charge is 0.316 e. The molecule has 0 spiro atoms. The summed E-state index contributed by atoms with van der Waals surface area (Å²) in [7, 11) is -0.283. The first-order chi connectivity index (χ1) is 7.27. The summed E-state index contributed by atoms with van der Waals surface area (Å²) >= 11 is 0. The lowest BCUT2D eigenvalue weighted by molar-refractivity contribution is 0.737. The molecular weight excluding hydrogens is 203 g/mol. The van der Waals surface area contributed by atoms with E-state index in [9.17, 15) is 0 Å². The van der Waals surface area contributed by atoms with Crippen LogP contribution in [0.15, 0.2) is 49.1 Å². The van der Waals surface area contributed by atoms with E-state index in [-0.39, 0.29) is 8.22 Å². The molecule has 80 valence electrons. The molecule has 0 saturated heterocycles. The molecule has 3 heteroatoms. The van der Waals surface area contributed by atoms with Gasteiger partial charge < -0.3 is 8.68 Å². The van der Waals surface area contributed by atoms with Gasteiger partial charge in [0.25, 0.3) is 0 Å². The van der Waals surface area contributed by atoms with Gasteiger partial charge in [0, 0.05) is 30.9 Å². The summed E-state index contributed by atoms with van der Waals surface area (Å²) < 4.78 is 4.66. The van der Waals surface area contributed by atoms with Crippen molar-refractivity contribution in [3.8, 4) is 0 Å². The maximum atomic E-state index is 2.33. The molecule has 0 unspecified atom stereocenters. The first-order valence-corrected chi connectivity index (χ1v) is 6.74. The molecule has 0 N–H and O–H groups in total. The maximum absolute atomic E-state index is 2.33. The Labute approximate surface area is 92.4 Å². The fraction of sp³-hybridized carbons (Fsp3) is 0.333. The molecule has 0 bridgehead atoms. The minimum atomic E-state index is -0.283. The van der Waals surface area contributed by atoms with E-state index >= 15 is 0 Å². The minimum Gasteiger partial charge on any atom is -0.316 e. The van der Waals surface area contributed by atoms with E-state index in [0.29, 0.717) is 0 Å². The fourth-order valence-electron chi connectivity index (χ4n) is 1.59. The van der Waals surface area contributed by atoms with Gasteiger partial charge in [-0.2, -0.15) is 0 Å². The summed E-state index contributed by atoms with van der Waals surface area (Å²) in [4.78, 5) is 0. The minimum absolute atomic E-state index is 0.283. The van der Waals surface area contributed by atoms with Gasteiger partial charge in [0.15, 0.2) is 0 Å². The predicted octanol–water partition coefficient (Wildman–Crippen LogP) is 3.65. The molecule has 0 radical (unpaired) electrons. The molecule has 0 atom stereocenters. The Morgan fingerprint density at radius 1 is 0.867 bits per heavy atom. The quantitative estimate of drug-likeness (QED) is 0.696. The molecule has 15 heavy (non-hydrogen) atoms. The van der Waals surface area contributed by atoms with Crippen LogP contribution in [0, 0.1) is 5.92 Å². The number of hydrogen-bond donors (Lipinski definition) is 0. The molecule has 0 amide bonds. The van der Waals surface area contributed by atoms with E-state index in [2.05, 4.69) is 71.6 Å². The lowest BCUT2D eigenvalue weighted by Crippen LogP contribution is -2.05. The molecule has 0 saturated carbocycles. The van der Waals surface area contributed by atoms with Crippen LogP contribution in [0.3, 0.4) is 0 Å². The standard InChI is InChI=1S/C12H17N2P/c1-12(2)11-15(13-7-3-4-8-13)14-9-5-6-10-14/h3-10,12H,11H2,1-2H3. The number of rotatable bonds is 4. The van der Waals surface area contributed by atoms with E-state index in [4.69, 9.17) is 0 Å². The highest BCUT2D eigenvalue weighted by atomic mass is 31.1. The van der Waals surface area contributed by atoms with Gasteiger partial charge >= 0.3 is 0 Å². The first-order valence-electron chi connectivity index (χ1n) is 5.31. The van der Waals surface area contributed by atoms with Crippen LogP contribution in [0.2, 0.25) is 0 Å². The van der Waals surface area contributed by atoms with Gasteiger partial charge in [-0.25, -0.2) is 0 Å². The first kappa shape index (κ1) is 10.5. The Bertz CT molecular complexity index is 341. The third-order valence-electron chi connectivity index (χ3n) is 2.24. The second-order valence-corrected chi connectivity index (χ2v) is 6.11. The van der Waals surface area contributed by atoms with Crippen molar-refractivity contribution in [1.82, 2.24) is 8.68 Å². The van der Waals surface area contributed by atoms with Crippen molar-refractivity contribution in [3.05, 3.63) is 49.1 Å². The molecule has 2 aromatic rings. The molecule has 2 rings (SSSR count). The van der Waals surface area contributed by atoms with Gasteiger partial charge in [-0.15, -0.1) is 0 Å². The molecule has 0 aromatic carbocycles. The highest BCUT2D eigenvalue weighted by Gasteiger charge is 2.12. The number of nitrogens with zero attached hydrogens (tertiary/aromatic N) is 2. The Kier molecular flexibility index (Phi) is 3.27. The van der Waals surface area contributed by atoms with E-state index in [0.717, 1.165) is 5.92 Å². The Morgan fingerprint density at radius 3 is 1.60 bits per heavy atom. The van der Waals surface area contributed by atoms with Crippen molar-refractivity contribution in [2.75, 3.05) is 6.16 Å². The Balaban J connectivity index is 2.25. The lowest BCUT2D eigenvalue weighted by atomic mass is 10.3. The van der Waals surface area contributed by atoms with Gasteiger partial charge in [-0.1, -0.05) is 13.8 Å². The van der Waals surface area contributed by atoms with Crippen molar-refractivity contribution in [3.63, 3.8) is 0 Å². The van der Waals surface area contributed by atoms with Crippen LogP contribution in [0.5, 0.6) is 0 Å². The zero-order valence-electron chi connectivity index (χ0n) is 9.24. The van der Waals surface area contributed by atoms with Crippen molar-refractivity contribution < 1.29 is 0 Å². The van der Waals surface area contributed by atoms with Gasteiger partial charge in [0.2, 0.25) is 0 Å². The van der Waals surface area contributed by atoms with Gasteiger partial charge in [-0.3, -0.25) is 0 Å². The van der Waals surface area contributed by atoms with Gasteiger partial charge in [-0.05, 0) is 30.2 Å². The second-order valence-electron chi connectivity index (χ2n) is 4.07. The summed E-state index contributed by atoms with van der Waals surface area (Å²) in [6.45, 7) is 4.56. The fourth-order valence-corrected chi connectivity index (χ4v) is 3.79. The molecule has 2 aromatic heterocycles. The number of hydrogen-bond acceptors (Lipinski definition) is 0. The molecule has 0 aliphatic carbocycles. The van der Waals surface area contributed by atoms with Crippen molar-refractivity contribution >= 4 is 8.22 Å². The van der Waals surface area contributed by atoms with E-state index in [1.165, 1.54) is 6.16 Å². The van der Waals surface area contributed by atoms with Crippen LogP contribution in [-0.2, 0) is 0 Å². The third kappa shape index (κ3) is 2.51. The van der Waals surface area contributed by atoms with Crippen LogP contribution < -0.4 is 0 Å². The summed E-state index contributed by atoms with van der Waals surface area (Å²) in [6, 6.07) is 8.39. The normalized spacial score (nSPS) is 11.5. The Morgan fingerprint density at radius 2 is 1.27 bits per heavy atom. The Hall–Kier alpha value is -1.01. The zero-order chi connectivity index (χ0) is 10.7. The van der Waals surface area contributed by atoms with Crippen LogP contribution in [0.1, 0.15) is 13.8 Å². The van der Waals surface area contributed by atoms with Crippen LogP contribution >= 0.6 is 8.22 Å². The summed E-state index contributed by atoms with van der Waals surface area (Å²) in [5.41, 5.74) is 0. The molecule has 0 fully saturated rings. The molecule has 2 nitrogen and oxygen atoms in total. The average molecular weight is 220 g/mol. The summed E-state index contributed by atoms with van der Waals surface area (Å²) in [5.74, 6) is 0.723. The average Bonchev–Trinajstić information content (AvgIpc) is 2.87. The van der Waals surface area contributed by atoms with Gasteiger partial charge in [0.05, 0.1) is 0 Å². The molecular formula is C12H17N2P. The van der Waals surface area contributed by atoms with Crippen molar-refractivity contribution in [2.45, 2.75) is 13.8 Å². The SMILES string of the molecule is CC(C)CP(n1cccc1)n1cccc1. The van der Waals surface area contributed by atoms with E-state index < -0.39 is 0 Å². The summed E-state index contributed by atoms with van der Waals surface area (Å²) in [5, 5.41) is 0. The zero-order valence-corrected chi connectivity index (χ0v) is 10.1. The van der Waals surface area contributed by atoms with E-state index in [1.807, 2.05) is 0 Å². The highest BCUT2D eigenvalue weighted by molar-refractivity contribution is 7.54. The molecule has 0 aliphatic rings. The van der Waals surface area contributed by atoms with Crippen molar-refractivity contribution in [1.29, 1.82) is 0 Å². The highest BCUT2D eigenvalue weighted by Crippen LogP contribution is 2.40. The predicted molar refractivity (Wildman–Crippen MR) is 66.3 cm³/mol. The smallest absolute Gasteiger partial charge is 0.103 e. The van der Waals surface area contributed by atoms with E-state index in [1.54, 1.807) is 0 Å².